The molecule has 44 heavy (non-hydrogen) atoms. The number of aromatic nitrogens is 3. The zero-order chi connectivity index (χ0) is 32.2. The Hall–Kier alpha value is -4.76. The summed E-state index contributed by atoms with van der Waals surface area (Å²) in [5, 5.41) is 20.1. The number of nitro groups is 1. The number of carbonyl (C=O) groups is 3. The van der Waals surface area contributed by atoms with Crippen molar-refractivity contribution in [2.24, 2.45) is 0 Å². The maximum Gasteiger partial charge on any atom is 0.408 e. The second-order valence-corrected chi connectivity index (χ2v) is 11.4. The highest BCUT2D eigenvalue weighted by Gasteiger charge is 2.39. The molecule has 0 saturated carbocycles. The van der Waals surface area contributed by atoms with Crippen molar-refractivity contribution >= 4 is 70.1 Å². The van der Waals surface area contributed by atoms with E-state index in [2.05, 4.69) is 30.9 Å². The number of halogens is 2. The molecular weight excluding hydrogens is 617 g/mol. The summed E-state index contributed by atoms with van der Waals surface area (Å²) in [6.45, 7) is 5.65. The van der Waals surface area contributed by atoms with E-state index < -0.39 is 34.5 Å². The molecule has 0 bridgehead atoms. The SMILES string of the molecule is CC(C)(C)OC(=O)NC1CCC(=O)N(c2cnc(NCCNc3ccc([N+](=O)[O-])c(N)n3)nc2-c2ccc(Cl)cc2Cl)C1=O. The van der Waals surface area contributed by atoms with Gasteiger partial charge < -0.3 is 26.4 Å². The van der Waals surface area contributed by atoms with Crippen LogP contribution in [-0.4, -0.2) is 62.5 Å². The molecule has 1 fully saturated rings. The molecule has 232 valence electrons. The highest BCUT2D eigenvalue weighted by molar-refractivity contribution is 6.36. The van der Waals surface area contributed by atoms with Crippen LogP contribution in [0.3, 0.4) is 0 Å². The Labute approximate surface area is 261 Å². The van der Waals surface area contributed by atoms with Gasteiger partial charge in [0, 0.05) is 36.2 Å². The molecule has 1 aliphatic rings. The maximum atomic E-state index is 13.5. The number of hydrogen-bond acceptors (Lipinski definition) is 12. The zero-order valence-corrected chi connectivity index (χ0v) is 25.4. The molecule has 3 aromatic rings. The first kappa shape index (κ1) is 32.2. The van der Waals surface area contributed by atoms with E-state index >= 15 is 0 Å². The molecule has 15 nitrogen and oxygen atoms in total. The van der Waals surface area contributed by atoms with Crippen molar-refractivity contribution in [2.75, 3.05) is 34.4 Å². The first-order chi connectivity index (χ1) is 20.7. The Morgan fingerprint density at radius 2 is 1.89 bits per heavy atom. The van der Waals surface area contributed by atoms with Crippen molar-refractivity contribution in [3.63, 3.8) is 0 Å². The maximum absolute atomic E-state index is 13.5. The number of hydrogen-bond donors (Lipinski definition) is 4. The number of ether oxygens (including phenoxy) is 1. The smallest absolute Gasteiger partial charge is 0.408 e. The number of nitrogens with one attached hydrogen (secondary N) is 3. The summed E-state index contributed by atoms with van der Waals surface area (Å²) in [6.07, 6.45) is 0.579. The number of benzene rings is 1. The molecule has 1 atom stereocenters. The minimum Gasteiger partial charge on any atom is -0.444 e. The third-order valence-corrected chi connectivity index (χ3v) is 6.66. The number of nitrogen functional groups attached to an aromatic ring is 1. The number of imide groups is 1. The predicted molar refractivity (Wildman–Crippen MR) is 165 cm³/mol. The lowest BCUT2D eigenvalue weighted by Gasteiger charge is -2.32. The lowest BCUT2D eigenvalue weighted by atomic mass is 10.0. The van der Waals surface area contributed by atoms with Crippen molar-refractivity contribution in [3.05, 3.63) is 56.7 Å². The van der Waals surface area contributed by atoms with E-state index in [4.69, 9.17) is 33.7 Å². The number of rotatable bonds is 9. The van der Waals surface area contributed by atoms with E-state index in [1.54, 1.807) is 32.9 Å². The van der Waals surface area contributed by atoms with Crippen molar-refractivity contribution in [3.8, 4) is 11.3 Å². The van der Waals surface area contributed by atoms with Gasteiger partial charge >= 0.3 is 11.8 Å². The first-order valence-electron chi connectivity index (χ1n) is 13.3. The molecule has 1 aliphatic heterocycles. The Bertz CT molecular complexity index is 1620. The second-order valence-electron chi connectivity index (χ2n) is 10.6. The number of amides is 3. The molecule has 3 heterocycles. The van der Waals surface area contributed by atoms with Crippen molar-refractivity contribution in [1.82, 2.24) is 20.3 Å². The third kappa shape index (κ3) is 7.79. The van der Waals surface area contributed by atoms with E-state index in [0.717, 1.165) is 4.90 Å². The van der Waals surface area contributed by atoms with Gasteiger partial charge in [0.25, 0.3) is 5.91 Å². The minimum atomic E-state index is -1.03. The van der Waals surface area contributed by atoms with Gasteiger partial charge in [-0.05, 0) is 51.5 Å². The van der Waals surface area contributed by atoms with Gasteiger partial charge in [0.2, 0.25) is 17.7 Å². The van der Waals surface area contributed by atoms with E-state index in [1.165, 1.54) is 24.4 Å². The molecule has 1 aromatic carbocycles. The second kappa shape index (κ2) is 13.3. The summed E-state index contributed by atoms with van der Waals surface area (Å²) in [6, 6.07) is 6.33. The highest BCUT2D eigenvalue weighted by Crippen LogP contribution is 2.37. The fourth-order valence-corrected chi connectivity index (χ4v) is 4.71. The Kier molecular flexibility index (Phi) is 9.69. The highest BCUT2D eigenvalue weighted by atomic mass is 35.5. The molecule has 5 N–H and O–H groups in total. The number of piperidine rings is 1. The molecular formula is C27H29Cl2N9O6. The van der Waals surface area contributed by atoms with Crippen LogP contribution in [0.1, 0.15) is 33.6 Å². The van der Waals surface area contributed by atoms with Gasteiger partial charge in [-0.25, -0.2) is 24.6 Å². The van der Waals surface area contributed by atoms with Gasteiger partial charge in [0.1, 0.15) is 23.2 Å². The molecule has 0 spiro atoms. The Balaban J connectivity index is 1.57. The molecule has 0 radical (unpaired) electrons. The number of alkyl carbamates (subject to hydrolysis) is 1. The summed E-state index contributed by atoms with van der Waals surface area (Å²) < 4.78 is 5.28. The molecule has 1 unspecified atom stereocenters. The van der Waals surface area contributed by atoms with Crippen molar-refractivity contribution in [2.45, 2.75) is 45.3 Å². The summed E-state index contributed by atoms with van der Waals surface area (Å²) in [4.78, 5) is 63.1. The first-order valence-corrected chi connectivity index (χ1v) is 14.1. The minimum absolute atomic E-state index is 0.0349. The van der Waals surface area contributed by atoms with E-state index in [-0.39, 0.29) is 53.2 Å². The predicted octanol–water partition coefficient (Wildman–Crippen LogP) is 4.41. The van der Waals surface area contributed by atoms with E-state index in [1.807, 2.05) is 0 Å². The van der Waals surface area contributed by atoms with Crippen molar-refractivity contribution in [1.29, 1.82) is 0 Å². The topological polar surface area (TPSA) is 208 Å². The lowest BCUT2D eigenvalue weighted by Crippen LogP contribution is -2.55. The van der Waals surface area contributed by atoms with Crippen LogP contribution in [-0.2, 0) is 14.3 Å². The fraction of sp³-hybridized carbons (Fsp3) is 0.333. The van der Waals surface area contributed by atoms with Crippen LogP contribution in [0.2, 0.25) is 10.0 Å². The molecule has 4 rings (SSSR count). The molecule has 1 saturated heterocycles. The van der Waals surface area contributed by atoms with Gasteiger partial charge in [0.15, 0.2) is 0 Å². The van der Waals surface area contributed by atoms with Crippen LogP contribution in [0.5, 0.6) is 0 Å². The van der Waals surface area contributed by atoms with Crippen LogP contribution < -0.4 is 26.6 Å². The van der Waals surface area contributed by atoms with Gasteiger partial charge in [-0.15, -0.1) is 0 Å². The number of carbonyl (C=O) groups excluding carboxylic acids is 3. The molecule has 0 aliphatic carbocycles. The van der Waals surface area contributed by atoms with Gasteiger partial charge in [0.05, 0.1) is 21.8 Å². The fourth-order valence-electron chi connectivity index (χ4n) is 4.21. The standard InChI is InChI=1S/C27H29Cl2N9O6/c1-27(2,3)44-26(41)34-17-6-9-21(39)37(24(17)40)19-13-33-25(36-22(19)15-5-4-14(28)12-16(15)29)32-11-10-31-20-8-7-18(38(42)43)23(30)35-20/h4-5,7-8,12-13,17H,6,9-11H2,1-3H3,(H,34,41)(H3,30,31,35)(H,32,33,36). The Morgan fingerprint density at radius 3 is 2.55 bits per heavy atom. The summed E-state index contributed by atoms with van der Waals surface area (Å²) in [7, 11) is 0. The zero-order valence-electron chi connectivity index (χ0n) is 23.9. The van der Waals surface area contributed by atoms with Crippen LogP contribution in [0, 0.1) is 10.1 Å². The average molecular weight is 646 g/mol. The summed E-state index contributed by atoms with van der Waals surface area (Å²) in [5.41, 5.74) is 5.16. The van der Waals surface area contributed by atoms with Gasteiger partial charge in [-0.1, -0.05) is 23.2 Å². The van der Waals surface area contributed by atoms with Crippen LogP contribution in [0.15, 0.2) is 36.5 Å². The van der Waals surface area contributed by atoms with Gasteiger partial charge in [-0.2, -0.15) is 0 Å². The largest absolute Gasteiger partial charge is 0.444 e. The summed E-state index contributed by atoms with van der Waals surface area (Å²) in [5.74, 6) is -0.931. The van der Waals surface area contributed by atoms with Crippen LogP contribution >= 0.6 is 23.2 Å². The number of pyridine rings is 1. The van der Waals surface area contributed by atoms with Crippen LogP contribution in [0.4, 0.5) is 33.8 Å². The van der Waals surface area contributed by atoms with Crippen molar-refractivity contribution < 1.29 is 24.0 Å². The number of nitrogens with zero attached hydrogens (tertiary/aromatic N) is 5. The quantitative estimate of drug-likeness (QED) is 0.110. The number of nitrogens with two attached hydrogens (primary N) is 1. The molecule has 3 amide bonds. The Morgan fingerprint density at radius 1 is 1.16 bits per heavy atom. The lowest BCUT2D eigenvalue weighted by molar-refractivity contribution is -0.384. The monoisotopic (exact) mass is 645 g/mol. The van der Waals surface area contributed by atoms with Crippen LogP contribution in [0.25, 0.3) is 11.3 Å². The van der Waals surface area contributed by atoms with Gasteiger partial charge in [-0.3, -0.25) is 19.7 Å². The summed E-state index contributed by atoms with van der Waals surface area (Å²) >= 11 is 12.6. The van der Waals surface area contributed by atoms with E-state index in [9.17, 15) is 24.5 Å². The third-order valence-electron chi connectivity index (χ3n) is 6.12. The molecule has 17 heteroatoms. The normalized spacial score (nSPS) is 15.1. The number of anilines is 4. The van der Waals surface area contributed by atoms with E-state index in [0.29, 0.717) is 22.9 Å². The molecule has 2 aromatic heterocycles. The average Bonchev–Trinajstić information content (AvgIpc) is 2.92.